The van der Waals surface area contributed by atoms with E-state index < -0.39 is 0 Å². The van der Waals surface area contributed by atoms with Gasteiger partial charge < -0.3 is 19.1 Å². The number of methoxy groups -OCH3 is 2. The number of nitriles is 1. The van der Waals surface area contributed by atoms with Crippen LogP contribution in [0, 0.1) is 11.3 Å². The molecular formula is C15H20N2O4. The maximum absolute atomic E-state index is 11.9. The molecule has 0 aliphatic carbocycles. The van der Waals surface area contributed by atoms with E-state index >= 15 is 0 Å². The predicted molar refractivity (Wildman–Crippen MR) is 77.3 cm³/mol. The van der Waals surface area contributed by atoms with Crippen LogP contribution in [0.2, 0.25) is 0 Å². The zero-order valence-electron chi connectivity index (χ0n) is 12.6. The van der Waals surface area contributed by atoms with Crippen LogP contribution >= 0.6 is 0 Å². The van der Waals surface area contributed by atoms with Crippen LogP contribution in [0.3, 0.4) is 0 Å². The summed E-state index contributed by atoms with van der Waals surface area (Å²) in [4.78, 5) is 13.5. The van der Waals surface area contributed by atoms with Gasteiger partial charge in [-0.3, -0.25) is 4.79 Å². The van der Waals surface area contributed by atoms with Gasteiger partial charge in [-0.15, -0.1) is 0 Å². The molecule has 1 aromatic rings. The molecule has 0 unspecified atom stereocenters. The highest BCUT2D eigenvalue weighted by Crippen LogP contribution is 2.27. The van der Waals surface area contributed by atoms with Gasteiger partial charge in [-0.05, 0) is 18.6 Å². The molecule has 0 bridgehead atoms. The third kappa shape index (κ3) is 5.32. The summed E-state index contributed by atoms with van der Waals surface area (Å²) in [6.07, 6.45) is 0.777. The van der Waals surface area contributed by atoms with E-state index in [0.717, 1.165) is 6.42 Å². The maximum Gasteiger partial charge on any atom is 0.260 e. The van der Waals surface area contributed by atoms with Crippen molar-refractivity contribution in [2.24, 2.45) is 0 Å². The molecule has 114 valence electrons. The number of nitrogens with zero attached hydrogens (tertiary/aromatic N) is 2. The number of likely N-dealkylation sites (N-methyl/N-ethyl adjacent to an activating group) is 1. The molecule has 1 aromatic carbocycles. The van der Waals surface area contributed by atoms with Crippen molar-refractivity contribution in [3.63, 3.8) is 0 Å². The molecule has 21 heavy (non-hydrogen) atoms. The Labute approximate surface area is 124 Å². The molecule has 0 aliphatic rings. The van der Waals surface area contributed by atoms with Crippen LogP contribution in [-0.4, -0.2) is 51.8 Å². The lowest BCUT2D eigenvalue weighted by atomic mass is 10.2. The summed E-state index contributed by atoms with van der Waals surface area (Å²) in [5.74, 6) is 0.747. The number of carbonyl (C=O) groups excluding carboxylic acids is 1. The molecule has 6 heteroatoms. The first-order chi connectivity index (χ1) is 10.1. The number of benzene rings is 1. The molecule has 0 aromatic heterocycles. The number of ether oxygens (including phenoxy) is 3. The standard InChI is InChI=1S/C15H20N2O4/c1-17(7-4-8-19-2)15(18)11-21-13-6-5-12(10-16)9-14(13)20-3/h5-6,9H,4,7-8,11H2,1-3H3. The fourth-order valence-electron chi connectivity index (χ4n) is 1.68. The van der Waals surface area contributed by atoms with Gasteiger partial charge in [-0.1, -0.05) is 0 Å². The second-order valence-corrected chi connectivity index (χ2v) is 4.43. The lowest BCUT2D eigenvalue weighted by Gasteiger charge is -2.17. The quantitative estimate of drug-likeness (QED) is 0.678. The van der Waals surface area contributed by atoms with E-state index in [0.29, 0.717) is 30.2 Å². The summed E-state index contributed by atoms with van der Waals surface area (Å²) in [6.45, 7) is 1.15. The van der Waals surface area contributed by atoms with Crippen molar-refractivity contribution in [3.8, 4) is 17.6 Å². The maximum atomic E-state index is 11.9. The summed E-state index contributed by atoms with van der Waals surface area (Å²) in [6, 6.07) is 6.83. The number of amides is 1. The van der Waals surface area contributed by atoms with Crippen LogP contribution in [0.1, 0.15) is 12.0 Å². The van der Waals surface area contributed by atoms with Crippen LogP contribution in [0.5, 0.6) is 11.5 Å². The average Bonchev–Trinajstić information content (AvgIpc) is 2.52. The van der Waals surface area contributed by atoms with Crippen molar-refractivity contribution in [2.75, 3.05) is 41.0 Å². The summed E-state index contributed by atoms with van der Waals surface area (Å²) in [5.41, 5.74) is 0.474. The molecule has 0 fully saturated rings. The van der Waals surface area contributed by atoms with Crippen molar-refractivity contribution in [2.45, 2.75) is 6.42 Å². The minimum Gasteiger partial charge on any atom is -0.493 e. The highest BCUT2D eigenvalue weighted by atomic mass is 16.5. The van der Waals surface area contributed by atoms with Crippen LogP contribution in [0.25, 0.3) is 0 Å². The first-order valence-electron chi connectivity index (χ1n) is 6.56. The normalized spacial score (nSPS) is 9.81. The van der Waals surface area contributed by atoms with Gasteiger partial charge in [0.1, 0.15) is 0 Å². The second-order valence-electron chi connectivity index (χ2n) is 4.43. The van der Waals surface area contributed by atoms with Gasteiger partial charge in [0, 0.05) is 33.4 Å². The summed E-state index contributed by atoms with van der Waals surface area (Å²) in [7, 11) is 4.83. The van der Waals surface area contributed by atoms with E-state index in [2.05, 4.69) is 0 Å². The van der Waals surface area contributed by atoms with Crippen molar-refractivity contribution < 1.29 is 19.0 Å². The lowest BCUT2D eigenvalue weighted by molar-refractivity contribution is -0.132. The first-order valence-corrected chi connectivity index (χ1v) is 6.56. The van der Waals surface area contributed by atoms with Crippen LogP contribution < -0.4 is 9.47 Å². The van der Waals surface area contributed by atoms with Crippen molar-refractivity contribution in [3.05, 3.63) is 23.8 Å². The molecule has 0 saturated carbocycles. The van der Waals surface area contributed by atoms with E-state index in [1.807, 2.05) is 6.07 Å². The summed E-state index contributed by atoms with van der Waals surface area (Å²) < 4.78 is 15.5. The third-order valence-electron chi connectivity index (χ3n) is 2.91. The highest BCUT2D eigenvalue weighted by Gasteiger charge is 2.12. The van der Waals surface area contributed by atoms with Gasteiger partial charge >= 0.3 is 0 Å². The fourth-order valence-corrected chi connectivity index (χ4v) is 1.68. The molecule has 0 N–H and O–H groups in total. The number of rotatable bonds is 8. The minimum absolute atomic E-state index is 0.0776. The van der Waals surface area contributed by atoms with Crippen molar-refractivity contribution >= 4 is 5.91 Å². The van der Waals surface area contributed by atoms with Crippen LogP contribution in [-0.2, 0) is 9.53 Å². The summed E-state index contributed by atoms with van der Waals surface area (Å²) in [5, 5.41) is 8.82. The Kier molecular flexibility index (Phi) is 7.05. The highest BCUT2D eigenvalue weighted by molar-refractivity contribution is 5.77. The van der Waals surface area contributed by atoms with Gasteiger partial charge in [-0.25, -0.2) is 0 Å². The number of hydrogen-bond donors (Lipinski definition) is 0. The fraction of sp³-hybridized carbons (Fsp3) is 0.467. The Morgan fingerprint density at radius 3 is 2.71 bits per heavy atom. The molecule has 0 radical (unpaired) electrons. The lowest BCUT2D eigenvalue weighted by Crippen LogP contribution is -2.32. The monoisotopic (exact) mass is 292 g/mol. The van der Waals surface area contributed by atoms with Gasteiger partial charge in [0.05, 0.1) is 18.7 Å². The largest absolute Gasteiger partial charge is 0.493 e. The number of hydrogen-bond acceptors (Lipinski definition) is 5. The molecular weight excluding hydrogens is 272 g/mol. The Hall–Kier alpha value is -2.26. The smallest absolute Gasteiger partial charge is 0.260 e. The SMILES string of the molecule is COCCCN(C)C(=O)COc1ccc(C#N)cc1OC. The van der Waals surface area contributed by atoms with Crippen molar-refractivity contribution in [1.29, 1.82) is 5.26 Å². The van der Waals surface area contributed by atoms with E-state index in [9.17, 15) is 4.79 Å². The molecule has 6 nitrogen and oxygen atoms in total. The van der Waals surface area contributed by atoms with E-state index in [-0.39, 0.29) is 12.5 Å². The third-order valence-corrected chi connectivity index (χ3v) is 2.91. The zero-order valence-corrected chi connectivity index (χ0v) is 12.6. The van der Waals surface area contributed by atoms with E-state index in [4.69, 9.17) is 19.5 Å². The Morgan fingerprint density at radius 1 is 1.33 bits per heavy atom. The van der Waals surface area contributed by atoms with Crippen molar-refractivity contribution in [1.82, 2.24) is 4.90 Å². The van der Waals surface area contributed by atoms with Crippen LogP contribution in [0.4, 0.5) is 0 Å². The van der Waals surface area contributed by atoms with Gasteiger partial charge in [0.15, 0.2) is 18.1 Å². The Bertz CT molecular complexity index is 511. The molecule has 0 aliphatic heterocycles. The van der Waals surface area contributed by atoms with E-state index in [1.54, 1.807) is 37.3 Å². The molecule has 0 saturated heterocycles. The van der Waals surface area contributed by atoms with E-state index in [1.165, 1.54) is 7.11 Å². The zero-order chi connectivity index (χ0) is 15.7. The average molecular weight is 292 g/mol. The molecule has 0 atom stereocenters. The number of carbonyl (C=O) groups is 1. The Morgan fingerprint density at radius 2 is 2.10 bits per heavy atom. The molecule has 0 spiro atoms. The first kappa shape index (κ1) is 16.8. The minimum atomic E-state index is -0.127. The van der Waals surface area contributed by atoms with Crippen LogP contribution in [0.15, 0.2) is 18.2 Å². The molecule has 1 rings (SSSR count). The van der Waals surface area contributed by atoms with Gasteiger partial charge in [0.25, 0.3) is 5.91 Å². The second kappa shape index (κ2) is 8.82. The predicted octanol–water partition coefficient (Wildman–Crippen LogP) is 1.44. The molecule has 1 amide bonds. The van der Waals surface area contributed by atoms with Gasteiger partial charge in [0.2, 0.25) is 0 Å². The summed E-state index contributed by atoms with van der Waals surface area (Å²) >= 11 is 0. The topological polar surface area (TPSA) is 71.8 Å². The Balaban J connectivity index is 2.55. The van der Waals surface area contributed by atoms with Gasteiger partial charge in [-0.2, -0.15) is 5.26 Å². The molecule has 0 heterocycles.